The van der Waals surface area contributed by atoms with Gasteiger partial charge in [0.25, 0.3) is 0 Å². The highest BCUT2D eigenvalue weighted by Gasteiger charge is 2.29. The zero-order chi connectivity index (χ0) is 33.3. The number of oxazole rings is 1. The van der Waals surface area contributed by atoms with E-state index in [1.165, 1.54) is 0 Å². The average molecular weight is 647 g/mol. The van der Waals surface area contributed by atoms with Crippen LogP contribution in [-0.2, 0) is 11.3 Å². The quantitative estimate of drug-likeness (QED) is 0.176. The Morgan fingerprint density at radius 1 is 1.00 bits per heavy atom. The molecule has 4 heterocycles. The zero-order valence-corrected chi connectivity index (χ0v) is 27.5. The molecule has 1 aliphatic heterocycles. The molecule has 1 fully saturated rings. The second-order valence-corrected chi connectivity index (χ2v) is 12.9. The fourth-order valence-corrected chi connectivity index (χ4v) is 5.84. The number of hydrogen-bond acceptors (Lipinski definition) is 9. The molecule has 0 radical (unpaired) electrons. The number of hydrogen-bond donors (Lipinski definition) is 1. The summed E-state index contributed by atoms with van der Waals surface area (Å²) < 4.78 is 25.3. The molecule has 1 N–H and O–H groups in total. The van der Waals surface area contributed by atoms with Crippen LogP contribution in [0.3, 0.4) is 0 Å². The Balaban J connectivity index is 1.18. The summed E-state index contributed by atoms with van der Waals surface area (Å²) in [5.41, 5.74) is 3.56. The summed E-state index contributed by atoms with van der Waals surface area (Å²) in [7, 11) is 1.65. The van der Waals surface area contributed by atoms with Crippen LogP contribution in [0.4, 0.5) is 10.6 Å². The molecule has 11 heteroatoms. The van der Waals surface area contributed by atoms with Crippen molar-refractivity contribution in [2.45, 2.75) is 51.8 Å². The smallest absolute Gasteiger partial charge is 0.410 e. The average Bonchev–Trinajstić information content (AvgIpc) is 3.67. The van der Waals surface area contributed by atoms with Crippen molar-refractivity contribution in [2.75, 3.05) is 25.5 Å². The number of likely N-dealkylation sites (tertiary alicyclic amines) is 1. The van der Waals surface area contributed by atoms with Gasteiger partial charge in [0.15, 0.2) is 17.0 Å². The standard InChI is InChI=1S/C37H38N6O5/c1-37(2,3)48-36(44)42-21-7-8-26(23-42)39-33-32-31(19-20-38-34(32)43(41-33)22-24-11-15-27(45-4)16-12-24)46-28-17-13-25(14-18-28)35-40-29-9-5-6-10-30(29)47-35/h5-6,9-20,26H,7-8,21-23H2,1-4H3,(H,39,41)/t26-/m1/s1. The lowest BCUT2D eigenvalue weighted by Gasteiger charge is -2.34. The van der Waals surface area contributed by atoms with E-state index in [2.05, 4.69) is 10.3 Å². The normalized spacial score (nSPS) is 15.1. The largest absolute Gasteiger partial charge is 0.497 e. The highest BCUT2D eigenvalue weighted by atomic mass is 16.6. The molecule has 0 spiro atoms. The highest BCUT2D eigenvalue weighted by Crippen LogP contribution is 2.36. The molecular weight excluding hydrogens is 608 g/mol. The van der Waals surface area contributed by atoms with Gasteiger partial charge in [0.2, 0.25) is 5.89 Å². The number of para-hydroxylation sites is 2. The van der Waals surface area contributed by atoms with Crippen LogP contribution in [0, 0.1) is 0 Å². The Morgan fingerprint density at radius 2 is 1.77 bits per heavy atom. The van der Waals surface area contributed by atoms with Gasteiger partial charge < -0.3 is 28.8 Å². The SMILES string of the molecule is COc1ccc(Cn2nc(N[C@@H]3CCCN(C(=O)OC(C)(C)C)C3)c3c(Oc4ccc(-c5nc6ccccc6o5)cc4)ccnc32)cc1. The summed E-state index contributed by atoms with van der Waals surface area (Å²) in [5, 5.41) is 9.38. The van der Waals surface area contributed by atoms with Crippen LogP contribution in [0.25, 0.3) is 33.6 Å². The topological polar surface area (TPSA) is 117 Å². The summed E-state index contributed by atoms with van der Waals surface area (Å²) in [6.45, 7) is 7.27. The van der Waals surface area contributed by atoms with Gasteiger partial charge in [-0.3, -0.25) is 0 Å². The fraction of sp³-hybridized carbons (Fsp3) is 0.297. The lowest BCUT2D eigenvalue weighted by Crippen LogP contribution is -2.47. The highest BCUT2D eigenvalue weighted by molar-refractivity contribution is 5.93. The number of carbonyl (C=O) groups excluding carboxylic acids is 1. The van der Waals surface area contributed by atoms with E-state index in [0.717, 1.165) is 46.2 Å². The molecule has 3 aromatic carbocycles. The van der Waals surface area contributed by atoms with Crippen LogP contribution >= 0.6 is 0 Å². The van der Waals surface area contributed by atoms with Crippen molar-refractivity contribution in [1.82, 2.24) is 24.6 Å². The summed E-state index contributed by atoms with van der Waals surface area (Å²) in [5.74, 6) is 3.23. The molecule has 7 rings (SSSR count). The van der Waals surface area contributed by atoms with Gasteiger partial charge in [0.05, 0.1) is 13.7 Å². The first kappa shape index (κ1) is 31.0. The summed E-state index contributed by atoms with van der Waals surface area (Å²) >= 11 is 0. The number of ether oxygens (including phenoxy) is 3. The van der Waals surface area contributed by atoms with E-state index < -0.39 is 5.60 Å². The van der Waals surface area contributed by atoms with Crippen molar-refractivity contribution in [3.05, 3.63) is 90.6 Å². The first-order valence-electron chi connectivity index (χ1n) is 16.1. The Morgan fingerprint density at radius 3 is 2.52 bits per heavy atom. The zero-order valence-electron chi connectivity index (χ0n) is 27.5. The van der Waals surface area contributed by atoms with E-state index in [-0.39, 0.29) is 12.1 Å². The second kappa shape index (κ2) is 12.9. The van der Waals surface area contributed by atoms with Gasteiger partial charge in [-0.05, 0) is 87.7 Å². The van der Waals surface area contributed by atoms with E-state index in [4.69, 9.17) is 28.7 Å². The van der Waals surface area contributed by atoms with Crippen molar-refractivity contribution in [3.63, 3.8) is 0 Å². The number of rotatable bonds is 8. The van der Waals surface area contributed by atoms with Crippen molar-refractivity contribution >= 4 is 34.0 Å². The number of fused-ring (bicyclic) bond motifs is 2. The van der Waals surface area contributed by atoms with E-state index in [1.54, 1.807) is 18.2 Å². The molecule has 0 aliphatic carbocycles. The van der Waals surface area contributed by atoms with Gasteiger partial charge in [-0.1, -0.05) is 24.3 Å². The number of pyridine rings is 1. The second-order valence-electron chi connectivity index (χ2n) is 12.9. The van der Waals surface area contributed by atoms with E-state index in [9.17, 15) is 4.79 Å². The molecule has 1 atom stereocenters. The lowest BCUT2D eigenvalue weighted by atomic mass is 10.1. The first-order chi connectivity index (χ1) is 23.2. The van der Waals surface area contributed by atoms with Crippen LogP contribution in [0.1, 0.15) is 39.2 Å². The van der Waals surface area contributed by atoms with E-state index in [1.807, 2.05) is 104 Å². The van der Waals surface area contributed by atoms with Crippen LogP contribution in [0.2, 0.25) is 0 Å². The Hall–Kier alpha value is -5.58. The van der Waals surface area contributed by atoms with Gasteiger partial charge in [-0.2, -0.15) is 5.10 Å². The predicted octanol–water partition coefficient (Wildman–Crippen LogP) is 7.90. The molecule has 246 valence electrons. The van der Waals surface area contributed by atoms with Crippen LogP contribution in [-0.4, -0.2) is 62.6 Å². The third-order valence-corrected chi connectivity index (χ3v) is 8.12. The number of amides is 1. The maximum Gasteiger partial charge on any atom is 0.410 e. The van der Waals surface area contributed by atoms with E-state index in [0.29, 0.717) is 48.5 Å². The van der Waals surface area contributed by atoms with Crippen LogP contribution in [0.15, 0.2) is 89.5 Å². The molecule has 48 heavy (non-hydrogen) atoms. The van der Waals surface area contributed by atoms with Crippen LogP contribution < -0.4 is 14.8 Å². The third kappa shape index (κ3) is 6.76. The summed E-state index contributed by atoms with van der Waals surface area (Å²) in [6, 6.07) is 25.0. The van der Waals surface area contributed by atoms with Gasteiger partial charge >= 0.3 is 6.09 Å². The number of carbonyl (C=O) groups is 1. The monoisotopic (exact) mass is 646 g/mol. The molecule has 6 aromatic rings. The lowest BCUT2D eigenvalue weighted by molar-refractivity contribution is 0.0206. The number of nitrogens with zero attached hydrogens (tertiary/aromatic N) is 5. The third-order valence-electron chi connectivity index (χ3n) is 8.12. The molecule has 3 aromatic heterocycles. The molecule has 0 unspecified atom stereocenters. The first-order valence-corrected chi connectivity index (χ1v) is 16.1. The number of anilines is 1. The predicted molar refractivity (Wildman–Crippen MR) is 184 cm³/mol. The molecular formula is C37H38N6O5. The summed E-state index contributed by atoms with van der Waals surface area (Å²) in [6.07, 6.45) is 3.14. The Labute approximate surface area is 278 Å². The van der Waals surface area contributed by atoms with Crippen molar-refractivity contribution in [2.24, 2.45) is 0 Å². The van der Waals surface area contributed by atoms with Crippen molar-refractivity contribution in [1.29, 1.82) is 0 Å². The Kier molecular flexibility index (Phi) is 8.34. The van der Waals surface area contributed by atoms with E-state index >= 15 is 0 Å². The minimum Gasteiger partial charge on any atom is -0.497 e. The van der Waals surface area contributed by atoms with Gasteiger partial charge in [-0.25, -0.2) is 19.4 Å². The number of aromatic nitrogens is 4. The number of piperidine rings is 1. The Bertz CT molecular complexity index is 2010. The minimum atomic E-state index is -0.563. The number of nitrogens with one attached hydrogen (secondary N) is 1. The van der Waals surface area contributed by atoms with Gasteiger partial charge in [0.1, 0.15) is 33.8 Å². The maximum atomic E-state index is 12.9. The number of benzene rings is 3. The number of methoxy groups -OCH3 is 1. The molecule has 0 bridgehead atoms. The van der Waals surface area contributed by atoms with Gasteiger partial charge in [-0.15, -0.1) is 0 Å². The van der Waals surface area contributed by atoms with Crippen molar-refractivity contribution in [3.8, 4) is 28.7 Å². The molecule has 1 amide bonds. The molecule has 11 nitrogen and oxygen atoms in total. The fourth-order valence-electron chi connectivity index (χ4n) is 5.84. The molecule has 1 aliphatic rings. The van der Waals surface area contributed by atoms with Gasteiger partial charge in [0, 0.05) is 37.0 Å². The minimum absolute atomic E-state index is 0.0394. The molecule has 0 saturated carbocycles. The maximum absolute atomic E-state index is 12.9. The molecule has 1 saturated heterocycles. The summed E-state index contributed by atoms with van der Waals surface area (Å²) in [4.78, 5) is 24.0. The van der Waals surface area contributed by atoms with Crippen molar-refractivity contribution < 1.29 is 23.4 Å². The van der Waals surface area contributed by atoms with Crippen LogP contribution in [0.5, 0.6) is 17.2 Å².